The Morgan fingerprint density at radius 1 is 1.04 bits per heavy atom. The molecule has 1 aromatic heterocycles. The van der Waals surface area contributed by atoms with Gasteiger partial charge in [-0.25, -0.2) is 4.98 Å². The van der Waals surface area contributed by atoms with Crippen molar-refractivity contribution in [2.45, 2.75) is 69.7 Å². The molecule has 154 valence electrons. The molecule has 4 rings (SSSR count). The highest BCUT2D eigenvalue weighted by atomic mass is 16.1. The lowest BCUT2D eigenvalue weighted by Crippen LogP contribution is -2.59. The molecule has 0 aromatic carbocycles. The Morgan fingerprint density at radius 3 is 2.57 bits per heavy atom. The summed E-state index contributed by atoms with van der Waals surface area (Å²) in [4.78, 5) is 26.6. The number of carbonyl (C=O) groups is 1. The predicted molar refractivity (Wildman–Crippen MR) is 111 cm³/mol. The number of rotatable bonds is 5. The number of aromatic nitrogens is 2. The van der Waals surface area contributed by atoms with E-state index in [-0.39, 0.29) is 17.4 Å². The summed E-state index contributed by atoms with van der Waals surface area (Å²) in [7, 11) is 0. The van der Waals surface area contributed by atoms with Crippen molar-refractivity contribution in [3.8, 4) is 0 Å². The summed E-state index contributed by atoms with van der Waals surface area (Å²) in [6, 6.07) is 0. The van der Waals surface area contributed by atoms with Crippen LogP contribution in [0.1, 0.15) is 64.2 Å². The van der Waals surface area contributed by atoms with Crippen molar-refractivity contribution >= 4 is 11.7 Å². The van der Waals surface area contributed by atoms with Gasteiger partial charge in [0.25, 0.3) is 0 Å². The fourth-order valence-corrected chi connectivity index (χ4v) is 5.43. The molecule has 0 bridgehead atoms. The number of hydrogen-bond acceptors (Lipinski definition) is 5. The summed E-state index contributed by atoms with van der Waals surface area (Å²) in [6.07, 6.45) is 17.6. The number of anilines is 1. The van der Waals surface area contributed by atoms with E-state index in [4.69, 9.17) is 0 Å². The van der Waals surface area contributed by atoms with Crippen LogP contribution in [0.15, 0.2) is 18.6 Å². The molecule has 0 radical (unpaired) electrons. The van der Waals surface area contributed by atoms with Gasteiger partial charge in [0.15, 0.2) is 0 Å². The molecule has 1 unspecified atom stereocenters. The van der Waals surface area contributed by atoms with E-state index in [2.05, 4.69) is 25.1 Å². The quantitative estimate of drug-likeness (QED) is 0.844. The van der Waals surface area contributed by atoms with Crippen LogP contribution < -0.4 is 10.2 Å². The Kier molecular flexibility index (Phi) is 6.45. The van der Waals surface area contributed by atoms with Gasteiger partial charge in [0.05, 0.1) is 12.1 Å². The first kappa shape index (κ1) is 19.6. The Bertz CT molecular complexity index is 625. The van der Waals surface area contributed by atoms with E-state index in [0.717, 1.165) is 38.3 Å². The molecule has 1 N–H and O–H groups in total. The number of nitrogens with one attached hydrogen (secondary N) is 1. The standard InChI is InChI=1S/C22H35N5O/c28-21(19-8-7-13-26(17-19)20-16-23-11-12-24-20)25-18-22(9-3-1-4-10-22)27-14-5-2-6-15-27/h11-12,16,19H,1-10,13-15,17-18H2,(H,25,28). The molecule has 3 aliphatic rings. The van der Waals surface area contributed by atoms with Gasteiger partial charge in [-0.05, 0) is 51.6 Å². The first-order valence-electron chi connectivity index (χ1n) is 11.3. The lowest BCUT2D eigenvalue weighted by Gasteiger charge is -2.48. The molecule has 1 saturated carbocycles. The summed E-state index contributed by atoms with van der Waals surface area (Å²) < 4.78 is 0. The third-order valence-corrected chi connectivity index (χ3v) is 7.07. The molecule has 1 aromatic rings. The Balaban J connectivity index is 1.36. The molecule has 2 aliphatic heterocycles. The SMILES string of the molecule is O=C(NCC1(N2CCCCC2)CCCCC1)C1CCCN(c2cnccn2)C1. The second kappa shape index (κ2) is 9.21. The highest BCUT2D eigenvalue weighted by molar-refractivity contribution is 5.79. The zero-order valence-electron chi connectivity index (χ0n) is 17.1. The second-order valence-electron chi connectivity index (χ2n) is 8.90. The maximum atomic E-state index is 13.1. The third-order valence-electron chi connectivity index (χ3n) is 7.07. The molecule has 1 amide bonds. The van der Waals surface area contributed by atoms with E-state index in [1.54, 1.807) is 18.6 Å². The minimum atomic E-state index is 0.0535. The smallest absolute Gasteiger partial charge is 0.224 e. The average Bonchev–Trinajstić information content (AvgIpc) is 2.79. The minimum absolute atomic E-state index is 0.0535. The Labute approximate surface area is 169 Å². The van der Waals surface area contributed by atoms with Gasteiger partial charge in [-0.2, -0.15) is 0 Å². The number of piperidine rings is 2. The van der Waals surface area contributed by atoms with Crippen molar-refractivity contribution < 1.29 is 4.79 Å². The largest absolute Gasteiger partial charge is 0.355 e. The van der Waals surface area contributed by atoms with E-state index in [1.807, 2.05) is 0 Å². The van der Waals surface area contributed by atoms with Crippen molar-refractivity contribution in [1.82, 2.24) is 20.2 Å². The number of hydrogen-bond donors (Lipinski definition) is 1. The molecule has 0 spiro atoms. The lowest BCUT2D eigenvalue weighted by molar-refractivity contribution is -0.126. The molecule has 28 heavy (non-hydrogen) atoms. The maximum Gasteiger partial charge on any atom is 0.224 e. The van der Waals surface area contributed by atoms with Crippen LogP contribution in [0.25, 0.3) is 0 Å². The summed E-state index contributed by atoms with van der Waals surface area (Å²) in [5, 5.41) is 3.39. The van der Waals surface area contributed by atoms with Crippen molar-refractivity contribution in [3.63, 3.8) is 0 Å². The Hall–Kier alpha value is -1.69. The van der Waals surface area contributed by atoms with Crippen LogP contribution in [0.4, 0.5) is 5.82 Å². The molecule has 1 atom stereocenters. The lowest BCUT2D eigenvalue weighted by atomic mass is 9.79. The van der Waals surface area contributed by atoms with E-state index >= 15 is 0 Å². The zero-order valence-corrected chi connectivity index (χ0v) is 17.1. The van der Waals surface area contributed by atoms with Gasteiger partial charge in [-0.15, -0.1) is 0 Å². The molecule has 3 heterocycles. The van der Waals surface area contributed by atoms with Gasteiger partial charge in [0.1, 0.15) is 5.82 Å². The molecule has 6 heteroatoms. The third kappa shape index (κ3) is 4.48. The molecule has 1 aliphatic carbocycles. The minimum Gasteiger partial charge on any atom is -0.355 e. The van der Waals surface area contributed by atoms with Crippen molar-refractivity contribution in [1.29, 1.82) is 0 Å². The fraction of sp³-hybridized carbons (Fsp3) is 0.773. The highest BCUT2D eigenvalue weighted by Crippen LogP contribution is 2.35. The van der Waals surface area contributed by atoms with Crippen molar-refractivity contribution in [2.24, 2.45) is 5.92 Å². The predicted octanol–water partition coefficient (Wildman–Crippen LogP) is 3.00. The molecule has 2 saturated heterocycles. The topological polar surface area (TPSA) is 61.4 Å². The van der Waals surface area contributed by atoms with E-state index in [1.165, 1.54) is 64.5 Å². The van der Waals surface area contributed by atoms with Crippen molar-refractivity contribution in [2.75, 3.05) is 37.6 Å². The van der Waals surface area contributed by atoms with Crippen LogP contribution in [0.2, 0.25) is 0 Å². The van der Waals surface area contributed by atoms with Gasteiger partial charge < -0.3 is 10.2 Å². The average molecular weight is 386 g/mol. The van der Waals surface area contributed by atoms with Crippen molar-refractivity contribution in [3.05, 3.63) is 18.6 Å². The van der Waals surface area contributed by atoms with Crippen LogP contribution in [0, 0.1) is 5.92 Å². The zero-order chi connectivity index (χ0) is 19.2. The first-order chi connectivity index (χ1) is 13.8. The molecular formula is C22H35N5O. The summed E-state index contributed by atoms with van der Waals surface area (Å²) in [5.74, 6) is 1.17. The molecular weight excluding hydrogens is 350 g/mol. The van der Waals surface area contributed by atoms with Gasteiger partial charge in [-0.1, -0.05) is 25.7 Å². The normalized spacial score (nSPS) is 26.0. The highest BCUT2D eigenvalue weighted by Gasteiger charge is 2.39. The summed E-state index contributed by atoms with van der Waals surface area (Å²) in [6.45, 7) is 4.95. The first-order valence-corrected chi connectivity index (χ1v) is 11.3. The monoisotopic (exact) mass is 385 g/mol. The summed E-state index contributed by atoms with van der Waals surface area (Å²) in [5.41, 5.74) is 0.202. The molecule has 6 nitrogen and oxygen atoms in total. The van der Waals surface area contributed by atoms with Gasteiger partial charge in [0.2, 0.25) is 5.91 Å². The Morgan fingerprint density at radius 2 is 1.82 bits per heavy atom. The number of likely N-dealkylation sites (tertiary alicyclic amines) is 1. The van der Waals surface area contributed by atoms with Gasteiger partial charge in [0, 0.05) is 37.6 Å². The number of nitrogens with zero attached hydrogens (tertiary/aromatic N) is 4. The van der Waals surface area contributed by atoms with Crippen LogP contribution in [-0.2, 0) is 4.79 Å². The summed E-state index contributed by atoms with van der Waals surface area (Å²) >= 11 is 0. The van der Waals surface area contributed by atoms with E-state index in [9.17, 15) is 4.79 Å². The molecule has 3 fully saturated rings. The maximum absolute atomic E-state index is 13.1. The van der Waals surface area contributed by atoms with E-state index in [0.29, 0.717) is 0 Å². The van der Waals surface area contributed by atoms with Crippen LogP contribution >= 0.6 is 0 Å². The van der Waals surface area contributed by atoms with Crippen LogP contribution in [0.5, 0.6) is 0 Å². The van der Waals surface area contributed by atoms with Gasteiger partial charge in [-0.3, -0.25) is 14.7 Å². The number of carbonyl (C=O) groups excluding carboxylic acids is 1. The van der Waals surface area contributed by atoms with Crippen LogP contribution in [0.3, 0.4) is 0 Å². The van der Waals surface area contributed by atoms with Crippen LogP contribution in [-0.4, -0.2) is 59.0 Å². The van der Waals surface area contributed by atoms with E-state index < -0.39 is 0 Å². The number of amides is 1. The van der Waals surface area contributed by atoms with Gasteiger partial charge >= 0.3 is 0 Å². The fourth-order valence-electron chi connectivity index (χ4n) is 5.43. The second-order valence-corrected chi connectivity index (χ2v) is 8.90.